The molecule has 0 amide bonds. The van der Waals surface area contributed by atoms with Gasteiger partial charge in [0.1, 0.15) is 6.10 Å². The Bertz CT molecular complexity index is 86.7. The Kier molecular flexibility index (Phi) is 1.53. The molecule has 0 aromatic carbocycles. The third kappa shape index (κ3) is 1.01. The summed E-state index contributed by atoms with van der Waals surface area (Å²) >= 11 is 0. The molecule has 0 fully saturated rings. The Morgan fingerprint density at radius 3 is 2.88 bits per heavy atom. The van der Waals surface area contributed by atoms with E-state index in [4.69, 9.17) is 9.84 Å². The molecule has 8 heavy (non-hydrogen) atoms. The van der Waals surface area contributed by atoms with E-state index in [9.17, 15) is 0 Å². The Morgan fingerprint density at radius 1 is 1.75 bits per heavy atom. The number of aliphatic hydroxyl groups is 1. The van der Waals surface area contributed by atoms with Crippen molar-refractivity contribution in [2.24, 2.45) is 0 Å². The van der Waals surface area contributed by atoms with E-state index in [1.807, 2.05) is 13.0 Å². The maximum Gasteiger partial charge on any atom is 0.121 e. The lowest BCUT2D eigenvalue weighted by molar-refractivity contribution is 0.0101. The SMILES string of the molecule is C[C@@H]1OC=CC[C@@H]1O. The van der Waals surface area contributed by atoms with Gasteiger partial charge in [-0.15, -0.1) is 0 Å². The minimum absolute atomic E-state index is 0.0278. The average molecular weight is 114 g/mol. The van der Waals surface area contributed by atoms with Crippen LogP contribution in [0.2, 0.25) is 0 Å². The van der Waals surface area contributed by atoms with Crippen LogP contribution in [-0.2, 0) is 4.74 Å². The van der Waals surface area contributed by atoms with E-state index in [1.54, 1.807) is 6.26 Å². The van der Waals surface area contributed by atoms with E-state index in [0.717, 1.165) is 6.42 Å². The van der Waals surface area contributed by atoms with Crippen molar-refractivity contribution in [1.82, 2.24) is 0 Å². The van der Waals surface area contributed by atoms with Crippen LogP contribution < -0.4 is 0 Å². The maximum absolute atomic E-state index is 9.00. The van der Waals surface area contributed by atoms with Gasteiger partial charge in [-0.05, 0) is 19.4 Å². The van der Waals surface area contributed by atoms with Crippen molar-refractivity contribution < 1.29 is 9.84 Å². The zero-order chi connectivity index (χ0) is 5.98. The molecular formula is C6H10O2. The first-order chi connectivity index (χ1) is 3.80. The zero-order valence-electron chi connectivity index (χ0n) is 4.87. The normalized spacial score (nSPS) is 36.8. The number of hydrogen-bond donors (Lipinski definition) is 1. The summed E-state index contributed by atoms with van der Waals surface area (Å²) in [5.41, 5.74) is 0. The van der Waals surface area contributed by atoms with Gasteiger partial charge in [0.05, 0.1) is 12.4 Å². The highest BCUT2D eigenvalue weighted by molar-refractivity contribution is 4.86. The highest BCUT2D eigenvalue weighted by atomic mass is 16.5. The molecule has 0 bridgehead atoms. The van der Waals surface area contributed by atoms with Crippen molar-refractivity contribution in [3.05, 3.63) is 12.3 Å². The van der Waals surface area contributed by atoms with Crippen LogP contribution in [0.4, 0.5) is 0 Å². The van der Waals surface area contributed by atoms with Gasteiger partial charge in [0, 0.05) is 0 Å². The summed E-state index contributed by atoms with van der Waals surface area (Å²) in [6.45, 7) is 1.86. The third-order valence-electron chi connectivity index (χ3n) is 1.31. The molecule has 0 spiro atoms. The maximum atomic E-state index is 9.00. The molecule has 1 heterocycles. The summed E-state index contributed by atoms with van der Waals surface area (Å²) in [5, 5.41) is 9.00. The molecule has 1 aliphatic rings. The minimum atomic E-state index is -0.306. The molecule has 0 aromatic rings. The minimum Gasteiger partial charge on any atom is -0.496 e. The Hall–Kier alpha value is -0.500. The Balaban J connectivity index is 2.44. The molecule has 0 radical (unpaired) electrons. The van der Waals surface area contributed by atoms with Crippen LogP contribution in [0.25, 0.3) is 0 Å². The smallest absolute Gasteiger partial charge is 0.121 e. The van der Waals surface area contributed by atoms with Crippen LogP contribution in [0.1, 0.15) is 13.3 Å². The van der Waals surface area contributed by atoms with Crippen LogP contribution in [0, 0.1) is 0 Å². The zero-order valence-corrected chi connectivity index (χ0v) is 4.87. The topological polar surface area (TPSA) is 29.5 Å². The van der Waals surface area contributed by atoms with Crippen LogP contribution in [0.3, 0.4) is 0 Å². The van der Waals surface area contributed by atoms with Crippen molar-refractivity contribution in [2.45, 2.75) is 25.6 Å². The number of rotatable bonds is 0. The summed E-state index contributed by atoms with van der Waals surface area (Å²) < 4.78 is 4.96. The molecule has 0 aromatic heterocycles. The van der Waals surface area contributed by atoms with Crippen molar-refractivity contribution in [3.63, 3.8) is 0 Å². The fourth-order valence-electron chi connectivity index (χ4n) is 0.657. The molecular weight excluding hydrogens is 104 g/mol. The number of ether oxygens (including phenoxy) is 1. The van der Waals surface area contributed by atoms with Gasteiger partial charge in [-0.2, -0.15) is 0 Å². The first-order valence-corrected chi connectivity index (χ1v) is 2.79. The highest BCUT2D eigenvalue weighted by Crippen LogP contribution is 2.09. The second-order valence-corrected chi connectivity index (χ2v) is 2.02. The molecule has 1 N–H and O–H groups in total. The van der Waals surface area contributed by atoms with Crippen molar-refractivity contribution in [1.29, 1.82) is 0 Å². The molecule has 46 valence electrons. The third-order valence-corrected chi connectivity index (χ3v) is 1.31. The lowest BCUT2D eigenvalue weighted by atomic mass is 10.1. The summed E-state index contributed by atoms with van der Waals surface area (Å²) in [4.78, 5) is 0. The first-order valence-electron chi connectivity index (χ1n) is 2.79. The van der Waals surface area contributed by atoms with Crippen LogP contribution in [0.15, 0.2) is 12.3 Å². The van der Waals surface area contributed by atoms with E-state index in [-0.39, 0.29) is 12.2 Å². The highest BCUT2D eigenvalue weighted by Gasteiger charge is 2.14. The monoisotopic (exact) mass is 114 g/mol. The number of hydrogen-bond acceptors (Lipinski definition) is 2. The summed E-state index contributed by atoms with van der Waals surface area (Å²) in [6.07, 6.45) is 3.85. The molecule has 1 aliphatic heterocycles. The van der Waals surface area contributed by atoms with Gasteiger partial charge in [0.25, 0.3) is 0 Å². The molecule has 2 nitrogen and oxygen atoms in total. The molecule has 0 aliphatic carbocycles. The van der Waals surface area contributed by atoms with Gasteiger partial charge in [-0.3, -0.25) is 0 Å². The average Bonchev–Trinajstić information content (AvgIpc) is 1.77. The van der Waals surface area contributed by atoms with Gasteiger partial charge < -0.3 is 9.84 Å². The van der Waals surface area contributed by atoms with E-state index in [1.165, 1.54) is 0 Å². The lowest BCUT2D eigenvalue weighted by Gasteiger charge is -2.20. The fraction of sp³-hybridized carbons (Fsp3) is 0.667. The molecule has 0 saturated heterocycles. The summed E-state index contributed by atoms with van der Waals surface area (Å²) in [6, 6.07) is 0. The van der Waals surface area contributed by atoms with Gasteiger partial charge in [-0.25, -0.2) is 0 Å². The van der Waals surface area contributed by atoms with Crippen molar-refractivity contribution >= 4 is 0 Å². The standard InChI is InChI=1S/C6H10O2/c1-5-6(7)3-2-4-8-5/h2,4-7H,3H2,1H3/t5-,6-/m0/s1. The molecule has 2 atom stereocenters. The van der Waals surface area contributed by atoms with Crippen LogP contribution in [-0.4, -0.2) is 17.3 Å². The second kappa shape index (κ2) is 2.18. The molecule has 0 saturated carbocycles. The van der Waals surface area contributed by atoms with Gasteiger partial charge in [-0.1, -0.05) is 0 Å². The second-order valence-electron chi connectivity index (χ2n) is 2.02. The predicted molar refractivity (Wildman–Crippen MR) is 30.3 cm³/mol. The predicted octanol–water partition coefficient (Wildman–Crippen LogP) is 0.670. The van der Waals surface area contributed by atoms with Gasteiger partial charge >= 0.3 is 0 Å². The Labute approximate surface area is 48.8 Å². The fourth-order valence-corrected chi connectivity index (χ4v) is 0.657. The van der Waals surface area contributed by atoms with E-state index >= 15 is 0 Å². The van der Waals surface area contributed by atoms with Gasteiger partial charge in [0.15, 0.2) is 0 Å². The van der Waals surface area contributed by atoms with E-state index in [0.29, 0.717) is 0 Å². The first kappa shape index (κ1) is 5.63. The van der Waals surface area contributed by atoms with E-state index < -0.39 is 0 Å². The lowest BCUT2D eigenvalue weighted by Crippen LogP contribution is -2.25. The summed E-state index contributed by atoms with van der Waals surface area (Å²) in [5.74, 6) is 0. The van der Waals surface area contributed by atoms with Gasteiger partial charge in [0.2, 0.25) is 0 Å². The largest absolute Gasteiger partial charge is 0.496 e. The summed E-state index contributed by atoms with van der Waals surface area (Å²) in [7, 11) is 0. The van der Waals surface area contributed by atoms with Crippen molar-refractivity contribution in [3.8, 4) is 0 Å². The van der Waals surface area contributed by atoms with E-state index in [2.05, 4.69) is 0 Å². The van der Waals surface area contributed by atoms with Crippen molar-refractivity contribution in [2.75, 3.05) is 0 Å². The van der Waals surface area contributed by atoms with Crippen LogP contribution >= 0.6 is 0 Å². The molecule has 2 heteroatoms. The molecule has 1 rings (SSSR count). The molecule has 0 unspecified atom stereocenters. The quantitative estimate of drug-likeness (QED) is 0.501. The van der Waals surface area contributed by atoms with Crippen LogP contribution in [0.5, 0.6) is 0 Å². The Morgan fingerprint density at radius 2 is 2.50 bits per heavy atom. The number of aliphatic hydroxyl groups excluding tert-OH is 1.